The highest BCUT2D eigenvalue weighted by Gasteiger charge is 2.22. The molecule has 2 saturated heterocycles. The molecule has 1 aromatic carbocycles. The van der Waals surface area contributed by atoms with Gasteiger partial charge in [0.1, 0.15) is 0 Å². The molecule has 26 heavy (non-hydrogen) atoms. The van der Waals surface area contributed by atoms with Gasteiger partial charge >= 0.3 is 0 Å². The van der Waals surface area contributed by atoms with E-state index in [-0.39, 0.29) is 0 Å². The molecule has 2 fully saturated rings. The molecule has 0 radical (unpaired) electrons. The predicted molar refractivity (Wildman–Crippen MR) is 104 cm³/mol. The Labute approximate surface area is 153 Å². The Kier molecular flexibility index (Phi) is 5.04. The van der Waals surface area contributed by atoms with Crippen molar-refractivity contribution < 1.29 is 4.79 Å². The molecule has 1 aromatic heterocycles. The Hall–Kier alpha value is -2.18. The fourth-order valence-electron chi connectivity index (χ4n) is 4.06. The van der Waals surface area contributed by atoms with E-state index in [1.807, 2.05) is 4.68 Å². The van der Waals surface area contributed by atoms with E-state index in [1.165, 1.54) is 12.8 Å². The third-order valence-electron chi connectivity index (χ3n) is 5.56. The van der Waals surface area contributed by atoms with Crippen LogP contribution in [0.2, 0.25) is 0 Å². The maximum Gasteiger partial charge on any atom is 0.269 e. The summed E-state index contributed by atoms with van der Waals surface area (Å²) < 4.78 is 2.01. The molecule has 0 atom stereocenters. The summed E-state index contributed by atoms with van der Waals surface area (Å²) >= 11 is 0. The maximum absolute atomic E-state index is 11.9. The number of carbonyl (C=O) groups excluding carboxylic acids is 1. The van der Waals surface area contributed by atoms with Crippen molar-refractivity contribution in [2.45, 2.75) is 31.7 Å². The van der Waals surface area contributed by atoms with Gasteiger partial charge in [-0.05, 0) is 75.5 Å². The first-order valence-electron chi connectivity index (χ1n) is 9.64. The first kappa shape index (κ1) is 17.2. The van der Waals surface area contributed by atoms with Crippen molar-refractivity contribution in [3.8, 4) is 0 Å². The van der Waals surface area contributed by atoms with E-state index in [1.54, 1.807) is 0 Å². The number of aromatic nitrogens is 2. The number of benzene rings is 1. The van der Waals surface area contributed by atoms with E-state index >= 15 is 0 Å². The van der Waals surface area contributed by atoms with E-state index in [2.05, 4.69) is 46.1 Å². The van der Waals surface area contributed by atoms with Crippen molar-refractivity contribution in [2.24, 2.45) is 11.7 Å². The lowest BCUT2D eigenvalue weighted by Crippen LogP contribution is -2.30. The number of piperidine rings is 2. The van der Waals surface area contributed by atoms with Crippen LogP contribution in [0, 0.1) is 5.92 Å². The zero-order valence-corrected chi connectivity index (χ0v) is 15.1. The standard InChI is InChI=1S/C20H27N5O/c21-20(26)19-17-13-15(2-1-14-5-9-22-10-6-14)3-4-18(17)25(24-19)16-7-11-23-12-8-16/h1-4,13-14,16,22-23H,5-12H2,(H2,21,26)/b2-1+. The highest BCUT2D eigenvalue weighted by molar-refractivity contribution is 6.04. The second-order valence-corrected chi connectivity index (χ2v) is 7.36. The monoisotopic (exact) mass is 353 g/mol. The number of nitrogens with two attached hydrogens (primary N) is 1. The third-order valence-corrected chi connectivity index (χ3v) is 5.56. The molecule has 0 saturated carbocycles. The van der Waals surface area contributed by atoms with Gasteiger partial charge in [0, 0.05) is 5.39 Å². The first-order valence-corrected chi connectivity index (χ1v) is 9.64. The molecular formula is C20H27N5O. The molecule has 0 unspecified atom stereocenters. The van der Waals surface area contributed by atoms with Gasteiger partial charge in [0.15, 0.2) is 5.69 Å². The van der Waals surface area contributed by atoms with Crippen LogP contribution in [-0.4, -0.2) is 41.9 Å². The number of nitrogens with one attached hydrogen (secondary N) is 2. The van der Waals surface area contributed by atoms with Crippen molar-refractivity contribution >= 4 is 22.9 Å². The van der Waals surface area contributed by atoms with E-state index in [0.29, 0.717) is 17.7 Å². The summed E-state index contributed by atoms with van der Waals surface area (Å²) in [7, 11) is 0. The Balaban J connectivity index is 1.66. The zero-order chi connectivity index (χ0) is 17.9. The minimum Gasteiger partial charge on any atom is -0.364 e. The molecule has 2 aliphatic heterocycles. The molecular weight excluding hydrogens is 326 g/mol. The Bertz CT molecular complexity index is 813. The summed E-state index contributed by atoms with van der Waals surface area (Å²) in [4.78, 5) is 11.9. The number of amides is 1. The highest BCUT2D eigenvalue weighted by Crippen LogP contribution is 2.28. The summed E-state index contributed by atoms with van der Waals surface area (Å²) in [5.74, 6) is 0.169. The fraction of sp³-hybridized carbons (Fsp3) is 0.500. The number of rotatable bonds is 4. The lowest BCUT2D eigenvalue weighted by molar-refractivity contribution is 0.0995. The fourth-order valence-corrected chi connectivity index (χ4v) is 4.06. The smallest absolute Gasteiger partial charge is 0.269 e. The van der Waals surface area contributed by atoms with Crippen LogP contribution in [0.15, 0.2) is 24.3 Å². The number of hydrogen-bond donors (Lipinski definition) is 3. The number of hydrogen-bond acceptors (Lipinski definition) is 4. The van der Waals surface area contributed by atoms with Crippen LogP contribution in [0.4, 0.5) is 0 Å². The molecule has 0 aliphatic carbocycles. The lowest BCUT2D eigenvalue weighted by atomic mass is 9.96. The van der Waals surface area contributed by atoms with Gasteiger partial charge in [0.25, 0.3) is 5.91 Å². The molecule has 4 N–H and O–H groups in total. The molecule has 138 valence electrons. The van der Waals surface area contributed by atoms with Crippen molar-refractivity contribution in [3.05, 3.63) is 35.5 Å². The summed E-state index contributed by atoms with van der Waals surface area (Å²) in [6.07, 6.45) is 8.86. The Morgan fingerprint density at radius 3 is 2.50 bits per heavy atom. The number of allylic oxidation sites excluding steroid dienone is 1. The topological polar surface area (TPSA) is 85.0 Å². The average Bonchev–Trinajstić information content (AvgIpc) is 3.07. The van der Waals surface area contributed by atoms with Gasteiger partial charge in [0.05, 0.1) is 11.6 Å². The summed E-state index contributed by atoms with van der Waals surface area (Å²) in [6.45, 7) is 4.13. The molecule has 2 aromatic rings. The van der Waals surface area contributed by atoms with Crippen molar-refractivity contribution in [1.29, 1.82) is 0 Å². The summed E-state index contributed by atoms with van der Waals surface area (Å²) in [5, 5.41) is 12.2. The van der Waals surface area contributed by atoms with Crippen molar-refractivity contribution in [2.75, 3.05) is 26.2 Å². The second kappa shape index (κ2) is 7.60. The van der Waals surface area contributed by atoms with Crippen molar-refractivity contribution in [3.63, 3.8) is 0 Å². The van der Waals surface area contributed by atoms with Gasteiger partial charge in [-0.3, -0.25) is 9.48 Å². The molecule has 6 nitrogen and oxygen atoms in total. The van der Waals surface area contributed by atoms with Gasteiger partial charge in [-0.15, -0.1) is 0 Å². The lowest BCUT2D eigenvalue weighted by Gasteiger charge is -2.23. The maximum atomic E-state index is 11.9. The van der Waals surface area contributed by atoms with Gasteiger partial charge in [-0.1, -0.05) is 18.2 Å². The first-order chi connectivity index (χ1) is 12.7. The molecule has 2 aliphatic rings. The molecule has 0 spiro atoms. The van der Waals surface area contributed by atoms with Crippen LogP contribution in [0.1, 0.15) is 47.8 Å². The van der Waals surface area contributed by atoms with E-state index in [4.69, 9.17) is 5.73 Å². The molecule has 3 heterocycles. The van der Waals surface area contributed by atoms with E-state index < -0.39 is 5.91 Å². The van der Waals surface area contributed by atoms with E-state index in [9.17, 15) is 4.79 Å². The van der Waals surface area contributed by atoms with Crippen LogP contribution in [-0.2, 0) is 0 Å². The predicted octanol–water partition coefficient (Wildman–Crippen LogP) is 2.07. The van der Waals surface area contributed by atoms with Crippen molar-refractivity contribution in [1.82, 2.24) is 20.4 Å². The average molecular weight is 353 g/mol. The second-order valence-electron chi connectivity index (χ2n) is 7.36. The highest BCUT2D eigenvalue weighted by atomic mass is 16.1. The zero-order valence-electron chi connectivity index (χ0n) is 15.1. The number of primary amides is 1. The number of carbonyl (C=O) groups is 1. The molecule has 1 amide bonds. The van der Waals surface area contributed by atoms with Gasteiger partial charge in [-0.2, -0.15) is 5.10 Å². The minimum absolute atomic E-state index is 0.322. The number of nitrogens with zero attached hydrogens (tertiary/aromatic N) is 2. The molecule has 0 bridgehead atoms. The van der Waals surface area contributed by atoms with Crippen LogP contribution < -0.4 is 16.4 Å². The number of fused-ring (bicyclic) bond motifs is 1. The normalized spacial score (nSPS) is 20.2. The Morgan fingerprint density at radius 2 is 1.81 bits per heavy atom. The SMILES string of the molecule is NC(=O)c1nn(C2CCNCC2)c2ccc(/C=C/C3CCNCC3)cc12. The van der Waals surface area contributed by atoms with Crippen LogP contribution >= 0.6 is 0 Å². The van der Waals surface area contributed by atoms with Crippen LogP contribution in [0.5, 0.6) is 0 Å². The largest absolute Gasteiger partial charge is 0.364 e. The van der Waals surface area contributed by atoms with E-state index in [0.717, 1.165) is 55.5 Å². The van der Waals surface area contributed by atoms with Crippen LogP contribution in [0.3, 0.4) is 0 Å². The van der Waals surface area contributed by atoms with Crippen LogP contribution in [0.25, 0.3) is 17.0 Å². The minimum atomic E-state index is -0.456. The molecule has 4 rings (SSSR count). The van der Waals surface area contributed by atoms with Gasteiger partial charge < -0.3 is 16.4 Å². The molecule has 6 heteroatoms. The quantitative estimate of drug-likeness (QED) is 0.786. The van der Waals surface area contributed by atoms with Gasteiger partial charge in [-0.25, -0.2) is 0 Å². The Morgan fingerprint density at radius 1 is 1.12 bits per heavy atom. The van der Waals surface area contributed by atoms with Gasteiger partial charge in [0.2, 0.25) is 0 Å². The third kappa shape index (κ3) is 3.52. The summed E-state index contributed by atoms with van der Waals surface area (Å²) in [5.41, 5.74) is 8.10. The summed E-state index contributed by atoms with van der Waals surface area (Å²) in [6, 6.07) is 6.57.